The van der Waals surface area contributed by atoms with E-state index in [9.17, 15) is 4.79 Å². The van der Waals surface area contributed by atoms with E-state index in [-0.39, 0.29) is 11.6 Å². The van der Waals surface area contributed by atoms with Gasteiger partial charge in [0.1, 0.15) is 5.60 Å². The van der Waals surface area contributed by atoms with Gasteiger partial charge in [-0.2, -0.15) is 0 Å². The van der Waals surface area contributed by atoms with Gasteiger partial charge >= 0.3 is 5.97 Å². The second kappa shape index (κ2) is 13.0. The zero-order valence-corrected chi connectivity index (χ0v) is 19.2. The Morgan fingerprint density at radius 3 is 2.46 bits per heavy atom. The Balaban J connectivity index is 2.15. The van der Waals surface area contributed by atoms with Gasteiger partial charge in [0.2, 0.25) is 0 Å². The number of rotatable bonds is 11. The number of aliphatic imine (C=N–C) groups is 1. The van der Waals surface area contributed by atoms with E-state index >= 15 is 0 Å². The molecule has 0 aromatic rings. The van der Waals surface area contributed by atoms with Crippen LogP contribution in [0.1, 0.15) is 73.1 Å². The average Bonchev–Trinajstić information content (AvgIpc) is 3.08. The summed E-state index contributed by atoms with van der Waals surface area (Å²) in [5, 5.41) is 3.51. The van der Waals surface area contributed by atoms with Gasteiger partial charge in [-0.1, -0.05) is 26.7 Å². The van der Waals surface area contributed by atoms with E-state index in [1.165, 1.54) is 13.0 Å². The van der Waals surface area contributed by atoms with Crippen molar-refractivity contribution in [2.75, 3.05) is 46.3 Å². The molecule has 1 atom stereocenters. The van der Waals surface area contributed by atoms with Crippen LogP contribution in [-0.2, 0) is 9.53 Å². The molecule has 0 saturated carbocycles. The molecule has 0 amide bonds. The van der Waals surface area contributed by atoms with Gasteiger partial charge in [-0.15, -0.1) is 0 Å². The Hall–Kier alpha value is -1.30. The number of nitrogens with one attached hydrogen (secondary N) is 1. The van der Waals surface area contributed by atoms with Gasteiger partial charge in [-0.25, -0.2) is 0 Å². The molecule has 164 valence electrons. The first-order valence-corrected chi connectivity index (χ1v) is 11.2. The number of nitrogens with zero attached hydrogens (tertiary/aromatic N) is 3. The van der Waals surface area contributed by atoms with E-state index in [0.717, 1.165) is 70.3 Å². The first kappa shape index (κ1) is 24.7. The van der Waals surface area contributed by atoms with Gasteiger partial charge in [0.25, 0.3) is 0 Å². The van der Waals surface area contributed by atoms with Gasteiger partial charge in [0.05, 0.1) is 0 Å². The second-order valence-electron chi connectivity index (χ2n) is 8.81. The largest absolute Gasteiger partial charge is 0.460 e. The summed E-state index contributed by atoms with van der Waals surface area (Å²) in [5.41, 5.74) is -0.378. The van der Waals surface area contributed by atoms with Crippen LogP contribution in [0.5, 0.6) is 0 Å². The predicted molar refractivity (Wildman–Crippen MR) is 118 cm³/mol. The summed E-state index contributed by atoms with van der Waals surface area (Å²) in [6, 6.07) is 0. The summed E-state index contributed by atoms with van der Waals surface area (Å²) < 4.78 is 5.34. The Morgan fingerprint density at radius 1 is 1.18 bits per heavy atom. The fourth-order valence-corrected chi connectivity index (χ4v) is 3.69. The summed E-state index contributed by atoms with van der Waals surface area (Å²) in [6.07, 6.45) is 5.97. The molecule has 0 radical (unpaired) electrons. The molecule has 1 unspecified atom stereocenters. The fourth-order valence-electron chi connectivity index (χ4n) is 3.69. The van der Waals surface area contributed by atoms with E-state index in [0.29, 0.717) is 6.42 Å². The number of guanidine groups is 1. The van der Waals surface area contributed by atoms with Crippen LogP contribution in [0.2, 0.25) is 0 Å². The molecule has 1 aliphatic heterocycles. The standard InChI is InChI=1S/C22H44N4O2/c1-7-25(8-2)17-19-14-16-26(18-19)21(23-6)24-15-12-10-9-11-13-20(27)28-22(3,4)5/h19H,7-18H2,1-6H3,(H,23,24). The minimum absolute atomic E-state index is 0.0840. The van der Waals surface area contributed by atoms with Crippen molar-refractivity contribution in [3.63, 3.8) is 0 Å². The molecule has 0 spiro atoms. The monoisotopic (exact) mass is 396 g/mol. The molecule has 0 bridgehead atoms. The zero-order chi connectivity index (χ0) is 21.0. The van der Waals surface area contributed by atoms with Gasteiger partial charge < -0.3 is 19.9 Å². The second-order valence-corrected chi connectivity index (χ2v) is 8.81. The van der Waals surface area contributed by atoms with E-state index in [1.54, 1.807) is 0 Å². The lowest BCUT2D eigenvalue weighted by Gasteiger charge is -2.24. The summed E-state index contributed by atoms with van der Waals surface area (Å²) in [6.45, 7) is 16.8. The van der Waals surface area contributed by atoms with Crippen molar-refractivity contribution in [1.82, 2.24) is 15.1 Å². The average molecular weight is 397 g/mol. The van der Waals surface area contributed by atoms with E-state index in [4.69, 9.17) is 4.74 Å². The first-order valence-electron chi connectivity index (χ1n) is 11.2. The van der Waals surface area contributed by atoms with Crippen molar-refractivity contribution in [3.05, 3.63) is 0 Å². The quantitative estimate of drug-likeness (QED) is 0.251. The van der Waals surface area contributed by atoms with Gasteiger partial charge in [-0.05, 0) is 59.0 Å². The highest BCUT2D eigenvalue weighted by Crippen LogP contribution is 2.17. The summed E-state index contributed by atoms with van der Waals surface area (Å²) in [5.74, 6) is 1.70. The maximum absolute atomic E-state index is 11.7. The Bertz CT molecular complexity index is 470. The Morgan fingerprint density at radius 2 is 1.86 bits per heavy atom. The van der Waals surface area contributed by atoms with Crippen LogP contribution < -0.4 is 5.32 Å². The summed E-state index contributed by atoms with van der Waals surface area (Å²) >= 11 is 0. The molecule has 0 aliphatic carbocycles. The molecule has 1 saturated heterocycles. The molecule has 1 rings (SSSR count). The third-order valence-corrected chi connectivity index (χ3v) is 5.22. The molecule has 6 heteroatoms. The molecular formula is C22H44N4O2. The number of carbonyl (C=O) groups is 1. The lowest BCUT2D eigenvalue weighted by molar-refractivity contribution is -0.154. The molecule has 1 fully saturated rings. The van der Waals surface area contributed by atoms with E-state index < -0.39 is 0 Å². The van der Waals surface area contributed by atoms with Gasteiger partial charge in [-0.3, -0.25) is 9.79 Å². The van der Waals surface area contributed by atoms with Crippen molar-refractivity contribution in [2.24, 2.45) is 10.9 Å². The molecule has 0 aromatic carbocycles. The lowest BCUT2D eigenvalue weighted by atomic mass is 10.1. The molecular weight excluding hydrogens is 352 g/mol. The van der Waals surface area contributed by atoms with Crippen LogP contribution in [0.15, 0.2) is 4.99 Å². The Labute approximate surface area is 173 Å². The first-order chi connectivity index (χ1) is 13.3. The van der Waals surface area contributed by atoms with Crippen molar-refractivity contribution < 1.29 is 9.53 Å². The molecule has 1 aliphatic rings. The lowest BCUT2D eigenvalue weighted by Crippen LogP contribution is -2.41. The zero-order valence-electron chi connectivity index (χ0n) is 19.2. The van der Waals surface area contributed by atoms with Gasteiger partial charge in [0.15, 0.2) is 5.96 Å². The molecule has 1 heterocycles. The maximum atomic E-state index is 11.7. The van der Waals surface area contributed by atoms with Crippen molar-refractivity contribution in [3.8, 4) is 0 Å². The number of esters is 1. The topological polar surface area (TPSA) is 57.2 Å². The van der Waals surface area contributed by atoms with Crippen LogP contribution >= 0.6 is 0 Å². The van der Waals surface area contributed by atoms with Crippen LogP contribution in [-0.4, -0.2) is 73.6 Å². The van der Waals surface area contributed by atoms with E-state index in [1.807, 2.05) is 27.8 Å². The Kier molecular flexibility index (Phi) is 11.5. The third kappa shape index (κ3) is 10.3. The maximum Gasteiger partial charge on any atom is 0.306 e. The number of likely N-dealkylation sites (tertiary alicyclic amines) is 1. The number of hydrogen-bond acceptors (Lipinski definition) is 4. The predicted octanol–water partition coefficient (Wildman–Crippen LogP) is 3.52. The molecule has 0 aromatic heterocycles. The van der Waals surface area contributed by atoms with Crippen LogP contribution in [0.4, 0.5) is 0 Å². The fraction of sp³-hybridized carbons (Fsp3) is 0.909. The van der Waals surface area contributed by atoms with Crippen molar-refractivity contribution in [2.45, 2.75) is 78.7 Å². The van der Waals surface area contributed by atoms with Gasteiger partial charge in [0, 0.05) is 39.6 Å². The SMILES string of the molecule is CCN(CC)CC1CCN(C(=NC)NCCCCCCC(=O)OC(C)(C)C)C1. The smallest absolute Gasteiger partial charge is 0.306 e. The highest BCUT2D eigenvalue weighted by atomic mass is 16.6. The number of unbranched alkanes of at least 4 members (excludes halogenated alkanes) is 3. The normalized spacial score (nSPS) is 18.0. The third-order valence-electron chi connectivity index (χ3n) is 5.22. The number of carbonyl (C=O) groups excluding carboxylic acids is 1. The van der Waals surface area contributed by atoms with Crippen molar-refractivity contribution in [1.29, 1.82) is 0 Å². The highest BCUT2D eigenvalue weighted by molar-refractivity contribution is 5.80. The minimum atomic E-state index is -0.378. The van der Waals surface area contributed by atoms with Crippen molar-refractivity contribution >= 4 is 11.9 Å². The van der Waals surface area contributed by atoms with Crippen LogP contribution in [0.25, 0.3) is 0 Å². The number of ether oxygens (including phenoxy) is 1. The van der Waals surface area contributed by atoms with Crippen LogP contribution in [0, 0.1) is 5.92 Å². The van der Waals surface area contributed by atoms with E-state index in [2.05, 4.69) is 34.0 Å². The minimum Gasteiger partial charge on any atom is -0.460 e. The molecule has 6 nitrogen and oxygen atoms in total. The number of hydrogen-bond donors (Lipinski definition) is 1. The van der Waals surface area contributed by atoms with Crippen LogP contribution in [0.3, 0.4) is 0 Å². The highest BCUT2D eigenvalue weighted by Gasteiger charge is 2.25. The summed E-state index contributed by atoms with van der Waals surface area (Å²) in [4.78, 5) is 21.1. The molecule has 1 N–H and O–H groups in total. The summed E-state index contributed by atoms with van der Waals surface area (Å²) in [7, 11) is 1.88. The molecule has 28 heavy (non-hydrogen) atoms.